The van der Waals surface area contributed by atoms with Gasteiger partial charge in [-0.2, -0.15) is 0 Å². The van der Waals surface area contributed by atoms with Crippen LogP contribution in [0.2, 0.25) is 0 Å². The predicted octanol–water partition coefficient (Wildman–Crippen LogP) is 3.49. The Morgan fingerprint density at radius 2 is 1.92 bits per heavy atom. The average Bonchev–Trinajstić information content (AvgIpc) is 2.59. The predicted molar refractivity (Wildman–Crippen MR) is 93.8 cm³/mol. The highest BCUT2D eigenvalue weighted by molar-refractivity contribution is 5.84. The third kappa shape index (κ3) is 6.10. The molecule has 1 saturated carbocycles. The molecule has 3 N–H and O–H groups in total. The number of ether oxygens (including phenoxy) is 1. The lowest BCUT2D eigenvalue weighted by Gasteiger charge is -2.26. The summed E-state index contributed by atoms with van der Waals surface area (Å²) in [6.07, 6.45) is 4.48. The van der Waals surface area contributed by atoms with Gasteiger partial charge < -0.3 is 15.4 Å². The molecule has 6 heteroatoms. The second-order valence-electron chi connectivity index (χ2n) is 6.51. The van der Waals surface area contributed by atoms with E-state index in [0.717, 1.165) is 18.0 Å². The maximum absolute atomic E-state index is 11.9. The summed E-state index contributed by atoms with van der Waals surface area (Å²) in [5, 5.41) is 8.41. The Morgan fingerprint density at radius 1 is 1.17 bits per heavy atom. The van der Waals surface area contributed by atoms with Gasteiger partial charge in [0.05, 0.1) is 7.11 Å². The van der Waals surface area contributed by atoms with Gasteiger partial charge >= 0.3 is 12.1 Å². The summed E-state index contributed by atoms with van der Waals surface area (Å²) in [5.74, 6) is 1.37. The van der Waals surface area contributed by atoms with E-state index < -0.39 is 6.09 Å². The summed E-state index contributed by atoms with van der Waals surface area (Å²) in [4.78, 5) is 23.0. The standard InChI is InChI=1S/C18H27N3O3/c1-13-4-3-5-15(10-13)12-20-17(22)19-11-14-6-8-16(9-7-14)21-18(23)24-2/h6-9,13,15H,3-5,10-12H2,1-2H3,(H,21,23)(H2,19,20,22). The molecule has 1 aromatic carbocycles. The Hall–Kier alpha value is -2.24. The van der Waals surface area contributed by atoms with Gasteiger partial charge in [-0.15, -0.1) is 0 Å². The van der Waals surface area contributed by atoms with Crippen LogP contribution < -0.4 is 16.0 Å². The number of rotatable bonds is 5. The maximum atomic E-state index is 11.9. The first-order chi connectivity index (χ1) is 11.6. The summed E-state index contributed by atoms with van der Waals surface area (Å²) in [7, 11) is 1.32. The van der Waals surface area contributed by atoms with Crippen LogP contribution in [-0.2, 0) is 11.3 Å². The van der Waals surface area contributed by atoms with Crippen LogP contribution in [0.5, 0.6) is 0 Å². The molecule has 1 aliphatic carbocycles. The number of hydrogen-bond acceptors (Lipinski definition) is 3. The highest BCUT2D eigenvalue weighted by Crippen LogP contribution is 2.27. The molecule has 2 rings (SSSR count). The molecule has 0 spiro atoms. The van der Waals surface area contributed by atoms with Crippen molar-refractivity contribution in [2.45, 2.75) is 39.2 Å². The quantitative estimate of drug-likeness (QED) is 0.771. The fourth-order valence-corrected chi connectivity index (χ4v) is 3.10. The van der Waals surface area contributed by atoms with E-state index in [-0.39, 0.29) is 6.03 Å². The minimum atomic E-state index is -0.503. The fourth-order valence-electron chi connectivity index (χ4n) is 3.10. The van der Waals surface area contributed by atoms with Crippen LogP contribution in [-0.4, -0.2) is 25.8 Å². The number of urea groups is 1. The summed E-state index contributed by atoms with van der Waals surface area (Å²) >= 11 is 0. The number of benzene rings is 1. The summed E-state index contributed by atoms with van der Waals surface area (Å²) < 4.78 is 4.53. The number of carbonyl (C=O) groups excluding carboxylic acids is 2. The third-order valence-electron chi connectivity index (χ3n) is 4.44. The van der Waals surface area contributed by atoms with Crippen molar-refractivity contribution in [3.05, 3.63) is 29.8 Å². The molecule has 132 valence electrons. The summed E-state index contributed by atoms with van der Waals surface area (Å²) in [5.41, 5.74) is 1.62. The van der Waals surface area contributed by atoms with E-state index in [4.69, 9.17) is 0 Å². The van der Waals surface area contributed by atoms with Gasteiger partial charge in [0.25, 0.3) is 0 Å². The lowest BCUT2D eigenvalue weighted by atomic mass is 9.82. The first-order valence-electron chi connectivity index (χ1n) is 8.52. The van der Waals surface area contributed by atoms with Crippen LogP contribution in [0.25, 0.3) is 0 Å². The molecule has 1 aliphatic rings. The molecule has 0 saturated heterocycles. The van der Waals surface area contributed by atoms with Crippen LogP contribution in [0.3, 0.4) is 0 Å². The molecule has 0 heterocycles. The average molecular weight is 333 g/mol. The van der Waals surface area contributed by atoms with Crippen molar-refractivity contribution in [3.8, 4) is 0 Å². The molecular weight excluding hydrogens is 306 g/mol. The van der Waals surface area contributed by atoms with Crippen LogP contribution >= 0.6 is 0 Å². The van der Waals surface area contributed by atoms with Gasteiger partial charge in [0.1, 0.15) is 0 Å². The molecule has 0 aromatic heterocycles. The summed E-state index contributed by atoms with van der Waals surface area (Å²) in [6, 6.07) is 7.12. The Kier molecular flexibility index (Phi) is 6.90. The minimum absolute atomic E-state index is 0.134. The zero-order valence-corrected chi connectivity index (χ0v) is 14.4. The van der Waals surface area contributed by atoms with E-state index in [1.54, 1.807) is 12.1 Å². The van der Waals surface area contributed by atoms with E-state index in [1.807, 2.05) is 12.1 Å². The number of hydrogen-bond donors (Lipinski definition) is 3. The zero-order chi connectivity index (χ0) is 17.4. The SMILES string of the molecule is COC(=O)Nc1ccc(CNC(=O)NCC2CCCC(C)C2)cc1. The van der Waals surface area contributed by atoms with Crippen molar-refractivity contribution in [2.24, 2.45) is 11.8 Å². The molecular formula is C18H27N3O3. The molecule has 1 aromatic rings. The van der Waals surface area contributed by atoms with Crippen LogP contribution in [0.1, 0.15) is 38.2 Å². The van der Waals surface area contributed by atoms with E-state index >= 15 is 0 Å². The van der Waals surface area contributed by atoms with Crippen molar-refractivity contribution in [3.63, 3.8) is 0 Å². The lowest BCUT2D eigenvalue weighted by molar-refractivity contribution is 0.187. The molecule has 0 bridgehead atoms. The van der Waals surface area contributed by atoms with Gasteiger partial charge in [0, 0.05) is 18.8 Å². The molecule has 3 amide bonds. The van der Waals surface area contributed by atoms with Gasteiger partial charge in [-0.3, -0.25) is 5.32 Å². The van der Waals surface area contributed by atoms with Crippen molar-refractivity contribution in [1.82, 2.24) is 10.6 Å². The molecule has 1 fully saturated rings. The Morgan fingerprint density at radius 3 is 2.58 bits per heavy atom. The summed E-state index contributed by atoms with van der Waals surface area (Å²) in [6.45, 7) is 3.48. The normalized spacial score (nSPS) is 20.1. The Balaban J connectivity index is 1.68. The van der Waals surface area contributed by atoms with Gasteiger partial charge in [-0.1, -0.05) is 31.9 Å². The van der Waals surface area contributed by atoms with Gasteiger partial charge in [0.2, 0.25) is 0 Å². The number of amides is 3. The number of nitrogens with one attached hydrogen (secondary N) is 3. The van der Waals surface area contributed by atoms with E-state index in [2.05, 4.69) is 27.6 Å². The second-order valence-corrected chi connectivity index (χ2v) is 6.51. The van der Waals surface area contributed by atoms with Crippen molar-refractivity contribution in [1.29, 1.82) is 0 Å². The third-order valence-corrected chi connectivity index (χ3v) is 4.44. The van der Waals surface area contributed by atoms with Crippen molar-refractivity contribution < 1.29 is 14.3 Å². The molecule has 6 nitrogen and oxygen atoms in total. The molecule has 0 radical (unpaired) electrons. The smallest absolute Gasteiger partial charge is 0.411 e. The first-order valence-corrected chi connectivity index (χ1v) is 8.52. The second kappa shape index (κ2) is 9.15. The van der Waals surface area contributed by atoms with Gasteiger partial charge in [0.15, 0.2) is 0 Å². The highest BCUT2D eigenvalue weighted by atomic mass is 16.5. The minimum Gasteiger partial charge on any atom is -0.453 e. The number of anilines is 1. The molecule has 2 unspecified atom stereocenters. The number of carbonyl (C=O) groups is 2. The molecule has 0 aliphatic heterocycles. The number of methoxy groups -OCH3 is 1. The zero-order valence-electron chi connectivity index (χ0n) is 14.4. The molecule has 24 heavy (non-hydrogen) atoms. The van der Waals surface area contributed by atoms with Gasteiger partial charge in [-0.25, -0.2) is 9.59 Å². The van der Waals surface area contributed by atoms with E-state index in [1.165, 1.54) is 32.8 Å². The monoisotopic (exact) mass is 333 g/mol. The Bertz CT molecular complexity index is 545. The lowest BCUT2D eigenvalue weighted by Crippen LogP contribution is -2.38. The first kappa shape index (κ1) is 18.1. The maximum Gasteiger partial charge on any atom is 0.411 e. The van der Waals surface area contributed by atoms with E-state index in [0.29, 0.717) is 18.2 Å². The van der Waals surface area contributed by atoms with E-state index in [9.17, 15) is 9.59 Å². The topological polar surface area (TPSA) is 79.5 Å². The Labute approximate surface area is 143 Å². The molecule has 2 atom stereocenters. The highest BCUT2D eigenvalue weighted by Gasteiger charge is 2.19. The van der Waals surface area contributed by atoms with Gasteiger partial charge in [-0.05, 0) is 42.4 Å². The fraction of sp³-hybridized carbons (Fsp3) is 0.556. The van der Waals surface area contributed by atoms with Crippen LogP contribution in [0, 0.1) is 11.8 Å². The van der Waals surface area contributed by atoms with Crippen LogP contribution in [0.4, 0.5) is 15.3 Å². The van der Waals surface area contributed by atoms with Crippen molar-refractivity contribution >= 4 is 17.8 Å². The van der Waals surface area contributed by atoms with Crippen molar-refractivity contribution in [2.75, 3.05) is 19.0 Å². The van der Waals surface area contributed by atoms with Crippen LogP contribution in [0.15, 0.2) is 24.3 Å². The largest absolute Gasteiger partial charge is 0.453 e.